The van der Waals surface area contributed by atoms with Gasteiger partial charge in [-0.05, 0) is 37.1 Å². The van der Waals surface area contributed by atoms with Crippen molar-refractivity contribution in [2.24, 2.45) is 0 Å². The van der Waals surface area contributed by atoms with Gasteiger partial charge in [-0.15, -0.1) is 10.2 Å². The number of halogens is 1. The van der Waals surface area contributed by atoms with Crippen molar-refractivity contribution in [2.75, 3.05) is 6.61 Å². The van der Waals surface area contributed by atoms with E-state index in [-0.39, 0.29) is 11.9 Å². The summed E-state index contributed by atoms with van der Waals surface area (Å²) in [7, 11) is 0. The molecule has 1 saturated heterocycles. The van der Waals surface area contributed by atoms with E-state index in [1.807, 2.05) is 0 Å². The second kappa shape index (κ2) is 4.25. The van der Waals surface area contributed by atoms with Crippen LogP contribution >= 0.6 is 0 Å². The molecule has 1 atom stereocenters. The van der Waals surface area contributed by atoms with Gasteiger partial charge >= 0.3 is 0 Å². The third-order valence-corrected chi connectivity index (χ3v) is 2.74. The Kier molecular flexibility index (Phi) is 2.60. The first-order valence-electron chi connectivity index (χ1n) is 5.54. The standard InChI is InChI=1S/C12H11FN2O2/c13-9-5-3-8(4-6-9)11-14-15-12(17-11)10-2-1-7-16-10/h3-6,10H,1-2,7H2. The van der Waals surface area contributed by atoms with Crippen molar-refractivity contribution in [1.29, 1.82) is 0 Å². The number of rotatable bonds is 2. The van der Waals surface area contributed by atoms with Crippen LogP contribution in [-0.2, 0) is 4.74 Å². The molecule has 1 unspecified atom stereocenters. The zero-order valence-corrected chi connectivity index (χ0v) is 9.10. The molecular formula is C12H11FN2O2. The molecule has 0 radical (unpaired) electrons. The maximum Gasteiger partial charge on any atom is 0.247 e. The van der Waals surface area contributed by atoms with Crippen LogP contribution in [-0.4, -0.2) is 16.8 Å². The predicted octanol–water partition coefficient (Wildman–Crippen LogP) is 2.73. The number of aromatic nitrogens is 2. The summed E-state index contributed by atoms with van der Waals surface area (Å²) >= 11 is 0. The summed E-state index contributed by atoms with van der Waals surface area (Å²) < 4.78 is 23.7. The van der Waals surface area contributed by atoms with Crippen LogP contribution in [0.25, 0.3) is 11.5 Å². The highest BCUT2D eigenvalue weighted by molar-refractivity contribution is 5.51. The van der Waals surface area contributed by atoms with Gasteiger partial charge in [-0.3, -0.25) is 0 Å². The molecule has 0 amide bonds. The van der Waals surface area contributed by atoms with Crippen LogP contribution in [0.1, 0.15) is 24.8 Å². The Morgan fingerprint density at radius 2 is 2.00 bits per heavy atom. The number of benzene rings is 1. The lowest BCUT2D eigenvalue weighted by Crippen LogP contribution is -1.95. The van der Waals surface area contributed by atoms with Crippen LogP contribution in [0.2, 0.25) is 0 Å². The normalized spacial score (nSPS) is 19.7. The number of hydrogen-bond acceptors (Lipinski definition) is 4. The Morgan fingerprint density at radius 3 is 2.71 bits per heavy atom. The van der Waals surface area contributed by atoms with Gasteiger partial charge in [-0.25, -0.2) is 4.39 Å². The fourth-order valence-corrected chi connectivity index (χ4v) is 1.85. The first kappa shape index (κ1) is 10.4. The van der Waals surface area contributed by atoms with Crippen LogP contribution in [0.3, 0.4) is 0 Å². The predicted molar refractivity (Wildman–Crippen MR) is 57.6 cm³/mol. The van der Waals surface area contributed by atoms with Crippen LogP contribution in [0, 0.1) is 5.82 Å². The average Bonchev–Trinajstić information content (AvgIpc) is 3.00. The van der Waals surface area contributed by atoms with Gasteiger partial charge in [0.2, 0.25) is 11.8 Å². The zero-order valence-electron chi connectivity index (χ0n) is 9.10. The summed E-state index contributed by atoms with van der Waals surface area (Å²) in [5.74, 6) is 0.616. The van der Waals surface area contributed by atoms with Crippen LogP contribution in [0.5, 0.6) is 0 Å². The summed E-state index contributed by atoms with van der Waals surface area (Å²) in [6.07, 6.45) is 1.83. The van der Waals surface area contributed by atoms with E-state index >= 15 is 0 Å². The third kappa shape index (κ3) is 2.06. The van der Waals surface area contributed by atoms with Gasteiger partial charge in [-0.2, -0.15) is 0 Å². The van der Waals surface area contributed by atoms with Crippen LogP contribution in [0.4, 0.5) is 4.39 Å². The van der Waals surface area contributed by atoms with E-state index in [1.54, 1.807) is 12.1 Å². The molecule has 0 N–H and O–H groups in total. The monoisotopic (exact) mass is 234 g/mol. The van der Waals surface area contributed by atoms with Gasteiger partial charge in [-0.1, -0.05) is 0 Å². The number of ether oxygens (including phenoxy) is 1. The Hall–Kier alpha value is -1.75. The van der Waals surface area contributed by atoms with Crippen molar-refractivity contribution in [2.45, 2.75) is 18.9 Å². The number of nitrogens with zero attached hydrogens (tertiary/aromatic N) is 2. The molecule has 0 spiro atoms. The lowest BCUT2D eigenvalue weighted by Gasteiger charge is -2.01. The fraction of sp³-hybridized carbons (Fsp3) is 0.333. The smallest absolute Gasteiger partial charge is 0.247 e. The van der Waals surface area contributed by atoms with Crippen molar-refractivity contribution >= 4 is 0 Å². The first-order valence-corrected chi connectivity index (χ1v) is 5.54. The van der Waals surface area contributed by atoms with Crippen molar-refractivity contribution < 1.29 is 13.5 Å². The Balaban J connectivity index is 1.86. The molecule has 0 bridgehead atoms. The molecule has 88 valence electrons. The first-order chi connectivity index (χ1) is 8.33. The van der Waals surface area contributed by atoms with Crippen molar-refractivity contribution in [3.8, 4) is 11.5 Å². The summed E-state index contributed by atoms with van der Waals surface area (Å²) in [6, 6.07) is 5.96. The van der Waals surface area contributed by atoms with Gasteiger partial charge in [0, 0.05) is 12.2 Å². The van der Waals surface area contributed by atoms with Crippen molar-refractivity contribution in [3.05, 3.63) is 36.0 Å². The molecule has 0 aliphatic carbocycles. The van der Waals surface area contributed by atoms with Gasteiger partial charge in [0.05, 0.1) is 0 Å². The van der Waals surface area contributed by atoms with Crippen molar-refractivity contribution in [1.82, 2.24) is 10.2 Å². The van der Waals surface area contributed by atoms with E-state index in [0.29, 0.717) is 17.3 Å². The summed E-state index contributed by atoms with van der Waals surface area (Å²) in [5, 5.41) is 7.90. The van der Waals surface area contributed by atoms with Gasteiger partial charge in [0.1, 0.15) is 11.9 Å². The topological polar surface area (TPSA) is 48.2 Å². The lowest BCUT2D eigenvalue weighted by molar-refractivity contribution is 0.0896. The second-order valence-electron chi connectivity index (χ2n) is 3.95. The van der Waals surface area contributed by atoms with E-state index in [2.05, 4.69) is 10.2 Å². The van der Waals surface area contributed by atoms with Crippen molar-refractivity contribution in [3.63, 3.8) is 0 Å². The van der Waals surface area contributed by atoms with E-state index in [4.69, 9.17) is 9.15 Å². The van der Waals surface area contributed by atoms with E-state index in [9.17, 15) is 4.39 Å². The molecule has 1 aliphatic heterocycles. The minimum Gasteiger partial charge on any atom is -0.418 e. The highest BCUT2D eigenvalue weighted by atomic mass is 19.1. The summed E-state index contributed by atoms with van der Waals surface area (Å²) in [4.78, 5) is 0. The van der Waals surface area contributed by atoms with Gasteiger partial charge < -0.3 is 9.15 Å². The largest absolute Gasteiger partial charge is 0.418 e. The molecule has 1 aromatic carbocycles. The average molecular weight is 234 g/mol. The second-order valence-corrected chi connectivity index (χ2v) is 3.95. The molecule has 0 saturated carbocycles. The Morgan fingerprint density at radius 1 is 1.18 bits per heavy atom. The van der Waals surface area contributed by atoms with E-state index < -0.39 is 0 Å². The van der Waals surface area contributed by atoms with Gasteiger partial charge in [0.15, 0.2) is 0 Å². The molecular weight excluding hydrogens is 223 g/mol. The molecule has 4 nitrogen and oxygen atoms in total. The zero-order chi connectivity index (χ0) is 11.7. The maximum atomic E-state index is 12.8. The Labute approximate surface area is 97.4 Å². The molecule has 17 heavy (non-hydrogen) atoms. The molecule has 2 aromatic rings. The highest BCUT2D eigenvalue weighted by Crippen LogP contribution is 2.29. The van der Waals surface area contributed by atoms with Gasteiger partial charge in [0.25, 0.3) is 0 Å². The van der Waals surface area contributed by atoms with Crippen LogP contribution in [0.15, 0.2) is 28.7 Å². The SMILES string of the molecule is Fc1ccc(-c2nnc(C3CCCO3)o2)cc1. The highest BCUT2D eigenvalue weighted by Gasteiger charge is 2.23. The fourth-order valence-electron chi connectivity index (χ4n) is 1.85. The lowest BCUT2D eigenvalue weighted by atomic mass is 10.2. The molecule has 1 aliphatic rings. The Bertz CT molecular complexity index is 503. The molecule has 1 fully saturated rings. The third-order valence-electron chi connectivity index (χ3n) is 2.74. The minimum absolute atomic E-state index is 0.0864. The summed E-state index contributed by atoms with van der Waals surface area (Å²) in [6.45, 7) is 0.735. The number of hydrogen-bond donors (Lipinski definition) is 0. The van der Waals surface area contributed by atoms with E-state index in [1.165, 1.54) is 12.1 Å². The van der Waals surface area contributed by atoms with E-state index in [0.717, 1.165) is 19.4 Å². The van der Waals surface area contributed by atoms with Crippen LogP contribution < -0.4 is 0 Å². The molecule has 2 heterocycles. The molecule has 5 heteroatoms. The quantitative estimate of drug-likeness (QED) is 0.801. The maximum absolute atomic E-state index is 12.8. The minimum atomic E-state index is -0.285. The molecule has 1 aromatic heterocycles. The molecule has 3 rings (SSSR count). The summed E-state index contributed by atoms with van der Waals surface area (Å²) in [5.41, 5.74) is 0.711.